The Kier molecular flexibility index (Phi) is 6.61. The van der Waals surface area contributed by atoms with E-state index in [9.17, 15) is 0 Å². The maximum atomic E-state index is 5.95. The van der Waals surface area contributed by atoms with Crippen molar-refractivity contribution in [3.63, 3.8) is 0 Å². The highest BCUT2D eigenvalue weighted by molar-refractivity contribution is 4.85. The topological polar surface area (TPSA) is 24.5 Å². The lowest BCUT2D eigenvalue weighted by molar-refractivity contribution is -0.136. The zero-order valence-electron chi connectivity index (χ0n) is 13.0. The van der Waals surface area contributed by atoms with Gasteiger partial charge in [0.15, 0.2) is 0 Å². The van der Waals surface area contributed by atoms with Gasteiger partial charge in [0.25, 0.3) is 0 Å². The van der Waals surface area contributed by atoms with Gasteiger partial charge in [0.2, 0.25) is 0 Å². The summed E-state index contributed by atoms with van der Waals surface area (Å²) in [4.78, 5) is 2.56. The molecule has 1 rings (SSSR count). The highest BCUT2D eigenvalue weighted by Crippen LogP contribution is 2.22. The number of hydrogen-bond acceptors (Lipinski definition) is 3. The van der Waals surface area contributed by atoms with Crippen molar-refractivity contribution in [3.05, 3.63) is 0 Å². The molecule has 1 N–H and O–H groups in total. The quantitative estimate of drug-likeness (QED) is 0.709. The lowest BCUT2D eigenvalue weighted by Crippen LogP contribution is -2.56. The van der Waals surface area contributed by atoms with E-state index < -0.39 is 0 Å². The monoisotopic (exact) mass is 256 g/mol. The van der Waals surface area contributed by atoms with Crippen molar-refractivity contribution in [2.45, 2.75) is 71.6 Å². The number of ether oxygens (including phenoxy) is 1. The Morgan fingerprint density at radius 1 is 1.39 bits per heavy atom. The number of rotatable bonds is 7. The largest absolute Gasteiger partial charge is 0.370 e. The summed E-state index contributed by atoms with van der Waals surface area (Å²) in [5.74, 6) is 0. The van der Waals surface area contributed by atoms with Gasteiger partial charge in [-0.25, -0.2) is 0 Å². The van der Waals surface area contributed by atoms with Gasteiger partial charge in [-0.05, 0) is 40.7 Å². The average Bonchev–Trinajstić information content (AvgIpc) is 2.25. The van der Waals surface area contributed by atoms with E-state index >= 15 is 0 Å². The molecule has 0 aliphatic carbocycles. The van der Waals surface area contributed by atoms with Crippen LogP contribution in [-0.2, 0) is 4.74 Å². The van der Waals surface area contributed by atoms with Crippen LogP contribution in [0.15, 0.2) is 0 Å². The van der Waals surface area contributed by atoms with Crippen LogP contribution in [0.3, 0.4) is 0 Å². The van der Waals surface area contributed by atoms with Crippen LogP contribution in [0.4, 0.5) is 0 Å². The van der Waals surface area contributed by atoms with Crippen molar-refractivity contribution >= 4 is 0 Å². The number of unbranched alkanes of at least 4 members (excludes halogenated alkanes) is 2. The van der Waals surface area contributed by atoms with Crippen molar-refractivity contribution in [3.8, 4) is 0 Å². The molecule has 1 aliphatic heterocycles. The van der Waals surface area contributed by atoms with Crippen LogP contribution in [0.2, 0.25) is 0 Å². The molecule has 18 heavy (non-hydrogen) atoms. The molecule has 0 amide bonds. The lowest BCUT2D eigenvalue weighted by atomic mass is 10.0. The van der Waals surface area contributed by atoms with Gasteiger partial charge >= 0.3 is 0 Å². The van der Waals surface area contributed by atoms with Crippen molar-refractivity contribution in [1.82, 2.24) is 10.2 Å². The molecule has 0 spiro atoms. The molecule has 1 fully saturated rings. The summed E-state index contributed by atoms with van der Waals surface area (Å²) in [6.07, 6.45) is 4.28. The Bertz CT molecular complexity index is 231. The first-order valence-corrected chi connectivity index (χ1v) is 7.57. The Morgan fingerprint density at radius 3 is 2.72 bits per heavy atom. The first-order valence-electron chi connectivity index (χ1n) is 7.57. The SMILES string of the molecule is CCCCCNCC(C)N1CC(C)OC(C)(C)C1. The third-order valence-electron chi connectivity index (χ3n) is 3.62. The maximum Gasteiger partial charge on any atom is 0.0757 e. The van der Waals surface area contributed by atoms with Crippen LogP contribution in [0.25, 0.3) is 0 Å². The second-order valence-electron chi connectivity index (χ2n) is 6.38. The summed E-state index contributed by atoms with van der Waals surface area (Å²) in [6.45, 7) is 15.5. The molecule has 0 aromatic heterocycles. The minimum atomic E-state index is -0.00582. The van der Waals surface area contributed by atoms with E-state index in [0.29, 0.717) is 12.1 Å². The van der Waals surface area contributed by atoms with Gasteiger partial charge in [0, 0.05) is 25.7 Å². The Morgan fingerprint density at radius 2 is 2.11 bits per heavy atom. The first-order chi connectivity index (χ1) is 8.44. The van der Waals surface area contributed by atoms with Gasteiger partial charge in [-0.2, -0.15) is 0 Å². The molecule has 1 aliphatic rings. The van der Waals surface area contributed by atoms with Gasteiger partial charge < -0.3 is 10.1 Å². The fraction of sp³-hybridized carbons (Fsp3) is 1.00. The fourth-order valence-corrected chi connectivity index (χ4v) is 2.78. The van der Waals surface area contributed by atoms with Crippen LogP contribution in [0.1, 0.15) is 53.9 Å². The molecule has 2 atom stereocenters. The second-order valence-corrected chi connectivity index (χ2v) is 6.38. The Balaban J connectivity index is 2.26. The van der Waals surface area contributed by atoms with E-state index in [-0.39, 0.29) is 5.60 Å². The summed E-state index contributed by atoms with van der Waals surface area (Å²) in [7, 11) is 0. The maximum absolute atomic E-state index is 5.95. The summed E-state index contributed by atoms with van der Waals surface area (Å²) >= 11 is 0. The van der Waals surface area contributed by atoms with Crippen LogP contribution >= 0.6 is 0 Å². The molecule has 3 nitrogen and oxygen atoms in total. The molecule has 1 heterocycles. The third-order valence-corrected chi connectivity index (χ3v) is 3.62. The first kappa shape index (κ1) is 15.9. The van der Waals surface area contributed by atoms with Crippen LogP contribution in [0.5, 0.6) is 0 Å². The summed E-state index contributed by atoms with van der Waals surface area (Å²) < 4.78 is 5.95. The molecular weight excluding hydrogens is 224 g/mol. The third kappa shape index (κ3) is 5.68. The van der Waals surface area contributed by atoms with Gasteiger partial charge in [-0.1, -0.05) is 19.8 Å². The van der Waals surface area contributed by atoms with Crippen molar-refractivity contribution < 1.29 is 4.74 Å². The number of morpholine rings is 1. The molecule has 1 saturated heterocycles. The molecule has 0 radical (unpaired) electrons. The molecule has 3 heteroatoms. The highest BCUT2D eigenvalue weighted by atomic mass is 16.5. The van der Waals surface area contributed by atoms with Crippen LogP contribution < -0.4 is 5.32 Å². The van der Waals surface area contributed by atoms with Crippen LogP contribution in [0, 0.1) is 0 Å². The van der Waals surface area contributed by atoms with Gasteiger partial charge in [0.05, 0.1) is 11.7 Å². The lowest BCUT2D eigenvalue weighted by Gasteiger charge is -2.44. The van der Waals surface area contributed by atoms with E-state index in [2.05, 4.69) is 44.8 Å². The molecule has 0 aromatic carbocycles. The van der Waals surface area contributed by atoms with Crippen molar-refractivity contribution in [2.75, 3.05) is 26.2 Å². The van der Waals surface area contributed by atoms with Gasteiger partial charge in [0.1, 0.15) is 0 Å². The molecule has 0 aromatic rings. The zero-order valence-corrected chi connectivity index (χ0v) is 13.0. The molecule has 0 saturated carbocycles. The molecule has 0 bridgehead atoms. The minimum absolute atomic E-state index is 0.00582. The number of nitrogens with zero attached hydrogens (tertiary/aromatic N) is 1. The molecule has 108 valence electrons. The number of hydrogen-bond donors (Lipinski definition) is 1. The predicted molar refractivity (Wildman–Crippen MR) is 78.1 cm³/mol. The fourth-order valence-electron chi connectivity index (χ4n) is 2.78. The van der Waals surface area contributed by atoms with Crippen molar-refractivity contribution in [1.29, 1.82) is 0 Å². The van der Waals surface area contributed by atoms with E-state index in [1.165, 1.54) is 19.3 Å². The minimum Gasteiger partial charge on any atom is -0.370 e. The second kappa shape index (κ2) is 7.46. The summed E-state index contributed by atoms with van der Waals surface area (Å²) in [6, 6.07) is 0.595. The average molecular weight is 256 g/mol. The molecule has 2 unspecified atom stereocenters. The van der Waals surface area contributed by atoms with E-state index in [1.54, 1.807) is 0 Å². The van der Waals surface area contributed by atoms with E-state index in [4.69, 9.17) is 4.74 Å². The van der Waals surface area contributed by atoms with E-state index in [0.717, 1.165) is 26.2 Å². The van der Waals surface area contributed by atoms with Gasteiger partial charge in [-0.15, -0.1) is 0 Å². The van der Waals surface area contributed by atoms with Crippen LogP contribution in [-0.4, -0.2) is 48.8 Å². The highest BCUT2D eigenvalue weighted by Gasteiger charge is 2.33. The van der Waals surface area contributed by atoms with Gasteiger partial charge in [-0.3, -0.25) is 4.90 Å². The Labute approximate surface area is 113 Å². The number of nitrogens with one attached hydrogen (secondary N) is 1. The molecular formula is C15H32N2O. The summed E-state index contributed by atoms with van der Waals surface area (Å²) in [5.41, 5.74) is -0.00582. The normalized spacial score (nSPS) is 26.2. The zero-order chi connectivity index (χ0) is 13.6. The predicted octanol–water partition coefficient (Wildman–Crippen LogP) is 2.65. The standard InChI is InChI=1S/C15H32N2O/c1-6-7-8-9-16-10-13(2)17-11-14(3)18-15(4,5)12-17/h13-14,16H,6-12H2,1-5H3. The summed E-state index contributed by atoms with van der Waals surface area (Å²) in [5, 5.41) is 3.58. The smallest absolute Gasteiger partial charge is 0.0757 e. The van der Waals surface area contributed by atoms with E-state index in [1.807, 2.05) is 0 Å². The Hall–Kier alpha value is -0.120. The van der Waals surface area contributed by atoms with Crippen molar-refractivity contribution in [2.24, 2.45) is 0 Å².